The molecule has 26 heavy (non-hydrogen) atoms. The summed E-state index contributed by atoms with van der Waals surface area (Å²) in [5.41, 5.74) is 1.48. The number of carbonyl (C=O) groups excluding carboxylic acids is 1. The topological polar surface area (TPSA) is 88.0 Å². The third-order valence-corrected chi connectivity index (χ3v) is 3.52. The fourth-order valence-electron chi connectivity index (χ4n) is 2.31. The molecule has 3 aromatic rings. The normalized spacial score (nSPS) is 10.8. The number of azo groups is 1. The minimum Gasteiger partial charge on any atom is -0.462 e. The van der Waals surface area contributed by atoms with Crippen molar-refractivity contribution in [3.63, 3.8) is 0 Å². The zero-order valence-electron chi connectivity index (χ0n) is 14.2. The molecular weight excluding hydrogens is 330 g/mol. The summed E-state index contributed by atoms with van der Waals surface area (Å²) in [6.07, 6.45) is 0. The van der Waals surface area contributed by atoms with E-state index >= 15 is 0 Å². The van der Waals surface area contributed by atoms with Gasteiger partial charge in [-0.05, 0) is 25.1 Å². The van der Waals surface area contributed by atoms with Crippen molar-refractivity contribution in [1.29, 1.82) is 5.41 Å². The number of hydrogen-bond donors (Lipinski definition) is 1. The van der Waals surface area contributed by atoms with Crippen LogP contribution in [0.4, 0.5) is 11.4 Å². The molecule has 0 radical (unpaired) electrons. The molecule has 0 aliphatic carbocycles. The van der Waals surface area contributed by atoms with Crippen molar-refractivity contribution in [3.8, 4) is 11.3 Å². The molecule has 0 atom stereocenters. The van der Waals surface area contributed by atoms with Gasteiger partial charge in [-0.1, -0.05) is 48.5 Å². The van der Waals surface area contributed by atoms with Crippen molar-refractivity contribution in [1.82, 2.24) is 0 Å². The second kappa shape index (κ2) is 8.02. The quantitative estimate of drug-likeness (QED) is 0.519. The number of benzene rings is 2. The van der Waals surface area contributed by atoms with Crippen LogP contribution in [0, 0.1) is 5.41 Å². The Balaban J connectivity index is 2.11. The van der Waals surface area contributed by atoms with Gasteiger partial charge in [-0.2, -0.15) is 5.11 Å². The van der Waals surface area contributed by atoms with E-state index in [0.717, 1.165) is 5.56 Å². The summed E-state index contributed by atoms with van der Waals surface area (Å²) in [5.74, 6) is -0.264. The lowest BCUT2D eigenvalue weighted by Gasteiger charge is -2.07. The molecule has 0 spiro atoms. The number of hydrogen-bond acceptors (Lipinski definition) is 6. The molecule has 1 aromatic heterocycles. The van der Waals surface area contributed by atoms with Crippen molar-refractivity contribution in [2.45, 2.75) is 6.92 Å². The fourth-order valence-corrected chi connectivity index (χ4v) is 2.31. The molecule has 0 bridgehead atoms. The molecule has 0 unspecified atom stereocenters. The zero-order chi connectivity index (χ0) is 18.4. The highest BCUT2D eigenvalue weighted by Gasteiger charge is 2.17. The van der Waals surface area contributed by atoms with Gasteiger partial charge in [0.2, 0.25) is 5.55 Å². The highest BCUT2D eigenvalue weighted by molar-refractivity contribution is 5.90. The monoisotopic (exact) mass is 347 g/mol. The lowest BCUT2D eigenvalue weighted by atomic mass is 10.1. The molecule has 1 heterocycles. The van der Waals surface area contributed by atoms with Gasteiger partial charge in [0.05, 0.1) is 12.3 Å². The Bertz CT molecular complexity index is 980. The van der Waals surface area contributed by atoms with E-state index in [0.29, 0.717) is 17.1 Å². The van der Waals surface area contributed by atoms with Crippen molar-refractivity contribution >= 4 is 17.3 Å². The largest absolute Gasteiger partial charge is 0.462 e. The van der Waals surface area contributed by atoms with Crippen LogP contribution in [0.15, 0.2) is 81.4 Å². The van der Waals surface area contributed by atoms with Crippen molar-refractivity contribution in [2.75, 3.05) is 6.61 Å². The lowest BCUT2D eigenvalue weighted by Crippen LogP contribution is -2.16. The summed E-state index contributed by atoms with van der Waals surface area (Å²) in [4.78, 5) is 12.1. The van der Waals surface area contributed by atoms with E-state index < -0.39 is 5.97 Å². The van der Waals surface area contributed by atoms with E-state index in [4.69, 9.17) is 14.6 Å². The van der Waals surface area contributed by atoms with Gasteiger partial charge in [0.1, 0.15) is 11.3 Å². The first-order chi connectivity index (χ1) is 12.7. The maximum atomic E-state index is 12.1. The van der Waals surface area contributed by atoms with Gasteiger partial charge in [-0.3, -0.25) is 5.41 Å². The Morgan fingerprint density at radius 2 is 1.69 bits per heavy atom. The fraction of sp³-hybridized carbons (Fsp3) is 0.100. The van der Waals surface area contributed by atoms with Crippen LogP contribution in [0.25, 0.3) is 11.3 Å². The SMILES string of the molecule is CCOC(=O)c1cc(N=Nc2ccccc2)c(-c2ccccc2)oc1=N. The van der Waals surface area contributed by atoms with E-state index in [1.165, 1.54) is 6.07 Å². The Hall–Kier alpha value is -3.54. The van der Waals surface area contributed by atoms with Crippen LogP contribution < -0.4 is 5.55 Å². The van der Waals surface area contributed by atoms with Gasteiger partial charge in [-0.15, -0.1) is 5.11 Å². The van der Waals surface area contributed by atoms with Crippen LogP contribution in [-0.2, 0) is 4.74 Å². The van der Waals surface area contributed by atoms with E-state index in [2.05, 4.69) is 10.2 Å². The van der Waals surface area contributed by atoms with Crippen LogP contribution in [0.3, 0.4) is 0 Å². The molecule has 0 fully saturated rings. The van der Waals surface area contributed by atoms with Gasteiger partial charge < -0.3 is 9.15 Å². The van der Waals surface area contributed by atoms with E-state index in [-0.39, 0.29) is 17.7 Å². The number of carbonyl (C=O) groups is 1. The molecule has 2 aromatic carbocycles. The van der Waals surface area contributed by atoms with Crippen LogP contribution in [-0.4, -0.2) is 12.6 Å². The third kappa shape index (κ3) is 3.92. The number of nitrogens with zero attached hydrogens (tertiary/aromatic N) is 2. The van der Waals surface area contributed by atoms with Crippen LogP contribution >= 0.6 is 0 Å². The van der Waals surface area contributed by atoms with Crippen LogP contribution in [0.2, 0.25) is 0 Å². The minimum absolute atomic E-state index is 0.00791. The smallest absolute Gasteiger partial charge is 0.343 e. The third-order valence-electron chi connectivity index (χ3n) is 3.52. The Morgan fingerprint density at radius 3 is 2.35 bits per heavy atom. The summed E-state index contributed by atoms with van der Waals surface area (Å²) >= 11 is 0. The maximum Gasteiger partial charge on any atom is 0.343 e. The van der Waals surface area contributed by atoms with Crippen LogP contribution in [0.5, 0.6) is 0 Å². The number of ether oxygens (including phenoxy) is 1. The first-order valence-electron chi connectivity index (χ1n) is 8.11. The highest BCUT2D eigenvalue weighted by atomic mass is 16.5. The van der Waals surface area contributed by atoms with Crippen LogP contribution in [0.1, 0.15) is 17.3 Å². The molecule has 1 N–H and O–H groups in total. The minimum atomic E-state index is -0.628. The number of nitrogens with one attached hydrogen (secondary N) is 1. The highest BCUT2D eigenvalue weighted by Crippen LogP contribution is 2.31. The molecule has 0 saturated heterocycles. The molecule has 0 aliphatic heterocycles. The molecule has 6 heteroatoms. The zero-order valence-corrected chi connectivity index (χ0v) is 14.2. The molecule has 0 saturated carbocycles. The van der Waals surface area contributed by atoms with E-state index in [1.807, 2.05) is 60.7 Å². The van der Waals surface area contributed by atoms with Gasteiger partial charge in [0, 0.05) is 5.56 Å². The summed E-state index contributed by atoms with van der Waals surface area (Å²) in [7, 11) is 0. The number of esters is 1. The molecule has 0 amide bonds. The molecule has 3 rings (SSSR count). The summed E-state index contributed by atoms with van der Waals surface area (Å²) in [6.45, 7) is 1.91. The second-order valence-corrected chi connectivity index (χ2v) is 5.33. The standard InChI is InChI=1S/C20H17N3O3/c1-2-25-20(24)16-13-17(23-22-15-11-7-4-8-12-15)18(26-19(16)21)14-9-5-3-6-10-14/h3-13,21H,2H2,1H3. The predicted octanol–water partition coefficient (Wildman–Crippen LogP) is 5.02. The lowest BCUT2D eigenvalue weighted by molar-refractivity contribution is 0.0520. The molecule has 130 valence electrons. The van der Waals surface area contributed by atoms with Gasteiger partial charge in [0.25, 0.3) is 0 Å². The Morgan fingerprint density at radius 1 is 1.04 bits per heavy atom. The Labute approximate surface area is 150 Å². The van der Waals surface area contributed by atoms with Gasteiger partial charge in [-0.25, -0.2) is 4.79 Å². The predicted molar refractivity (Wildman–Crippen MR) is 96.6 cm³/mol. The van der Waals surface area contributed by atoms with Crippen molar-refractivity contribution in [3.05, 3.63) is 77.8 Å². The molecule has 0 aliphatic rings. The second-order valence-electron chi connectivity index (χ2n) is 5.33. The van der Waals surface area contributed by atoms with Crippen molar-refractivity contribution in [2.24, 2.45) is 10.2 Å². The average Bonchev–Trinajstić information content (AvgIpc) is 2.68. The molecule has 6 nitrogen and oxygen atoms in total. The summed E-state index contributed by atoms with van der Waals surface area (Å²) in [6, 6.07) is 20.0. The number of rotatable bonds is 5. The van der Waals surface area contributed by atoms with Gasteiger partial charge in [0.15, 0.2) is 5.76 Å². The van der Waals surface area contributed by atoms with Gasteiger partial charge >= 0.3 is 5.97 Å². The first kappa shape index (κ1) is 17.3. The van der Waals surface area contributed by atoms with E-state index in [9.17, 15) is 4.79 Å². The summed E-state index contributed by atoms with van der Waals surface area (Å²) in [5, 5.41) is 16.5. The molecular formula is C20H17N3O3. The summed E-state index contributed by atoms with van der Waals surface area (Å²) < 4.78 is 10.6. The van der Waals surface area contributed by atoms with E-state index in [1.54, 1.807) is 6.92 Å². The van der Waals surface area contributed by atoms with Crippen molar-refractivity contribution < 1.29 is 13.9 Å². The average molecular weight is 347 g/mol. The Kier molecular flexibility index (Phi) is 5.34. The first-order valence-corrected chi connectivity index (χ1v) is 8.11. The maximum absolute atomic E-state index is 12.1.